The molecular weight excluding hydrogens is 220 g/mol. The molecule has 0 spiro atoms. The molecular formula is C9H15BrO2. The van der Waals surface area contributed by atoms with Crippen molar-refractivity contribution in [1.82, 2.24) is 0 Å². The number of rotatable bonds is 6. The van der Waals surface area contributed by atoms with Crippen LogP contribution >= 0.6 is 15.9 Å². The summed E-state index contributed by atoms with van der Waals surface area (Å²) in [5.41, 5.74) is 0. The molecule has 3 heteroatoms. The van der Waals surface area contributed by atoms with Gasteiger partial charge in [-0.3, -0.25) is 4.79 Å². The monoisotopic (exact) mass is 234 g/mol. The van der Waals surface area contributed by atoms with E-state index in [2.05, 4.69) is 32.8 Å². The minimum atomic E-state index is -0.112. The third-order valence-corrected chi connectivity index (χ3v) is 1.86. The molecule has 0 bridgehead atoms. The van der Waals surface area contributed by atoms with Crippen LogP contribution in [-0.2, 0) is 9.53 Å². The SMILES string of the molecule is COC(=O)CCCCC=CCBr. The largest absolute Gasteiger partial charge is 0.469 e. The molecule has 0 atom stereocenters. The number of esters is 1. The van der Waals surface area contributed by atoms with E-state index >= 15 is 0 Å². The van der Waals surface area contributed by atoms with Crippen LogP contribution in [0.25, 0.3) is 0 Å². The van der Waals surface area contributed by atoms with Gasteiger partial charge in [0.05, 0.1) is 7.11 Å². The third-order valence-electron chi connectivity index (χ3n) is 1.49. The van der Waals surface area contributed by atoms with E-state index in [9.17, 15) is 4.79 Å². The number of hydrogen-bond donors (Lipinski definition) is 0. The molecule has 0 aromatic rings. The molecule has 12 heavy (non-hydrogen) atoms. The summed E-state index contributed by atoms with van der Waals surface area (Å²) >= 11 is 3.29. The summed E-state index contributed by atoms with van der Waals surface area (Å²) in [6.45, 7) is 0. The molecule has 2 nitrogen and oxygen atoms in total. The van der Waals surface area contributed by atoms with E-state index in [0.717, 1.165) is 24.6 Å². The molecule has 0 saturated carbocycles. The van der Waals surface area contributed by atoms with Crippen LogP contribution in [0, 0.1) is 0 Å². The van der Waals surface area contributed by atoms with Crippen molar-refractivity contribution in [2.75, 3.05) is 12.4 Å². The topological polar surface area (TPSA) is 26.3 Å². The van der Waals surface area contributed by atoms with E-state index in [0.29, 0.717) is 6.42 Å². The molecule has 0 aliphatic carbocycles. The third kappa shape index (κ3) is 7.79. The van der Waals surface area contributed by atoms with Crippen LogP contribution in [0.3, 0.4) is 0 Å². The maximum Gasteiger partial charge on any atom is 0.305 e. The summed E-state index contributed by atoms with van der Waals surface area (Å²) in [6.07, 6.45) is 7.74. The number of ether oxygens (including phenoxy) is 1. The molecule has 0 aliphatic heterocycles. The zero-order valence-corrected chi connectivity index (χ0v) is 8.97. The molecule has 0 rings (SSSR count). The highest BCUT2D eigenvalue weighted by molar-refractivity contribution is 9.09. The molecule has 0 aromatic carbocycles. The Balaban J connectivity index is 3.10. The summed E-state index contributed by atoms with van der Waals surface area (Å²) in [5.74, 6) is -0.112. The second-order valence-electron chi connectivity index (χ2n) is 2.45. The highest BCUT2D eigenvalue weighted by atomic mass is 79.9. The maximum atomic E-state index is 10.7. The summed E-state index contributed by atoms with van der Waals surface area (Å²) in [6, 6.07) is 0. The van der Waals surface area contributed by atoms with E-state index in [1.807, 2.05) is 0 Å². The van der Waals surface area contributed by atoms with Crippen LogP contribution in [0.5, 0.6) is 0 Å². The lowest BCUT2D eigenvalue weighted by molar-refractivity contribution is -0.140. The Morgan fingerprint density at radius 3 is 2.75 bits per heavy atom. The van der Waals surface area contributed by atoms with Gasteiger partial charge in [0.2, 0.25) is 0 Å². The Bertz CT molecular complexity index is 143. The van der Waals surface area contributed by atoms with Gasteiger partial charge >= 0.3 is 5.97 Å². The van der Waals surface area contributed by atoms with Crippen LogP contribution in [-0.4, -0.2) is 18.4 Å². The van der Waals surface area contributed by atoms with Crippen LogP contribution in [0.15, 0.2) is 12.2 Å². The maximum absolute atomic E-state index is 10.7. The first kappa shape index (κ1) is 11.7. The normalized spacial score (nSPS) is 10.5. The lowest BCUT2D eigenvalue weighted by Gasteiger charge is -1.96. The molecule has 0 amide bonds. The summed E-state index contributed by atoms with van der Waals surface area (Å²) < 4.78 is 4.51. The van der Waals surface area contributed by atoms with Gasteiger partial charge in [0.1, 0.15) is 0 Å². The number of alkyl halides is 1. The van der Waals surface area contributed by atoms with Crippen LogP contribution < -0.4 is 0 Å². The van der Waals surface area contributed by atoms with Gasteiger partial charge in [-0.2, -0.15) is 0 Å². The van der Waals surface area contributed by atoms with E-state index in [-0.39, 0.29) is 5.97 Å². The van der Waals surface area contributed by atoms with Gasteiger partial charge < -0.3 is 4.74 Å². The highest BCUT2D eigenvalue weighted by Crippen LogP contribution is 2.01. The number of unbranched alkanes of at least 4 members (excludes halogenated alkanes) is 2. The second-order valence-corrected chi connectivity index (χ2v) is 3.10. The first-order chi connectivity index (χ1) is 5.81. The van der Waals surface area contributed by atoms with E-state index < -0.39 is 0 Å². The zero-order valence-electron chi connectivity index (χ0n) is 7.38. The van der Waals surface area contributed by atoms with Crippen LogP contribution in [0.4, 0.5) is 0 Å². The summed E-state index contributed by atoms with van der Waals surface area (Å²) in [5, 5.41) is 0.907. The summed E-state index contributed by atoms with van der Waals surface area (Å²) in [4.78, 5) is 10.7. The van der Waals surface area contributed by atoms with Crippen molar-refractivity contribution in [2.24, 2.45) is 0 Å². The molecule has 0 aliphatic rings. The number of methoxy groups -OCH3 is 1. The van der Waals surface area contributed by atoms with Gasteiger partial charge in [-0.05, 0) is 19.3 Å². The first-order valence-electron chi connectivity index (χ1n) is 4.09. The van der Waals surface area contributed by atoms with Gasteiger partial charge in [-0.1, -0.05) is 28.1 Å². The van der Waals surface area contributed by atoms with Crippen molar-refractivity contribution in [3.8, 4) is 0 Å². The van der Waals surface area contributed by atoms with Gasteiger partial charge in [-0.15, -0.1) is 0 Å². The summed E-state index contributed by atoms with van der Waals surface area (Å²) in [7, 11) is 1.42. The first-order valence-corrected chi connectivity index (χ1v) is 5.21. The Morgan fingerprint density at radius 2 is 2.17 bits per heavy atom. The van der Waals surface area contributed by atoms with Crippen molar-refractivity contribution < 1.29 is 9.53 Å². The van der Waals surface area contributed by atoms with Crippen molar-refractivity contribution >= 4 is 21.9 Å². The Kier molecular flexibility index (Phi) is 8.56. The Labute approximate surface area is 82.1 Å². The average molecular weight is 235 g/mol. The number of allylic oxidation sites excluding steroid dienone is 2. The number of carbonyl (C=O) groups excluding carboxylic acids is 1. The number of halogens is 1. The molecule has 70 valence electrons. The quantitative estimate of drug-likeness (QED) is 0.306. The number of carbonyl (C=O) groups is 1. The molecule has 0 heterocycles. The van der Waals surface area contributed by atoms with E-state index in [4.69, 9.17) is 0 Å². The highest BCUT2D eigenvalue weighted by Gasteiger charge is 1.97. The lowest BCUT2D eigenvalue weighted by atomic mass is 10.2. The van der Waals surface area contributed by atoms with Crippen LogP contribution in [0.1, 0.15) is 25.7 Å². The molecule has 0 aromatic heterocycles. The average Bonchev–Trinajstić information content (AvgIpc) is 2.10. The van der Waals surface area contributed by atoms with Gasteiger partial charge in [0.15, 0.2) is 0 Å². The van der Waals surface area contributed by atoms with Gasteiger partial charge in [0, 0.05) is 11.8 Å². The van der Waals surface area contributed by atoms with Crippen LogP contribution in [0.2, 0.25) is 0 Å². The molecule has 0 unspecified atom stereocenters. The Morgan fingerprint density at radius 1 is 1.42 bits per heavy atom. The minimum absolute atomic E-state index is 0.112. The van der Waals surface area contributed by atoms with E-state index in [1.165, 1.54) is 7.11 Å². The number of hydrogen-bond acceptors (Lipinski definition) is 2. The van der Waals surface area contributed by atoms with Crippen molar-refractivity contribution in [3.63, 3.8) is 0 Å². The minimum Gasteiger partial charge on any atom is -0.469 e. The van der Waals surface area contributed by atoms with Gasteiger partial charge in [0.25, 0.3) is 0 Å². The van der Waals surface area contributed by atoms with Crippen molar-refractivity contribution in [2.45, 2.75) is 25.7 Å². The predicted molar refractivity (Wildman–Crippen MR) is 53.4 cm³/mol. The lowest BCUT2D eigenvalue weighted by Crippen LogP contribution is -1.98. The fourth-order valence-corrected chi connectivity index (χ4v) is 1.08. The standard InChI is InChI=1S/C9H15BrO2/c1-12-9(11)7-5-3-2-4-6-8-10/h4,6H,2-3,5,7-8H2,1H3. The van der Waals surface area contributed by atoms with E-state index in [1.54, 1.807) is 0 Å². The molecule has 0 N–H and O–H groups in total. The predicted octanol–water partition coefficient (Wildman–Crippen LogP) is 2.67. The zero-order chi connectivity index (χ0) is 9.23. The fourth-order valence-electron chi connectivity index (χ4n) is 0.814. The second kappa shape index (κ2) is 8.78. The van der Waals surface area contributed by atoms with Crippen molar-refractivity contribution in [1.29, 1.82) is 0 Å². The van der Waals surface area contributed by atoms with Gasteiger partial charge in [-0.25, -0.2) is 0 Å². The molecule has 0 saturated heterocycles. The molecule has 0 fully saturated rings. The molecule has 0 radical (unpaired) electrons. The smallest absolute Gasteiger partial charge is 0.305 e. The fraction of sp³-hybridized carbons (Fsp3) is 0.667. The Hall–Kier alpha value is -0.310. The van der Waals surface area contributed by atoms with Crippen molar-refractivity contribution in [3.05, 3.63) is 12.2 Å².